The second-order valence-corrected chi connectivity index (χ2v) is 8.27. The van der Waals surface area contributed by atoms with Gasteiger partial charge in [0.1, 0.15) is 5.75 Å². The molecular weight excluding hydrogens is 430 g/mol. The van der Waals surface area contributed by atoms with Crippen LogP contribution in [0.2, 0.25) is 0 Å². The second-order valence-electron chi connectivity index (χ2n) is 8.27. The fraction of sp³-hybridized carbons (Fsp3) is 0.308. The Balaban J connectivity index is 1.34. The summed E-state index contributed by atoms with van der Waals surface area (Å²) in [5, 5.41) is 4.10. The van der Waals surface area contributed by atoms with Crippen molar-refractivity contribution in [1.82, 2.24) is 24.4 Å². The van der Waals surface area contributed by atoms with E-state index in [4.69, 9.17) is 4.74 Å². The lowest BCUT2D eigenvalue weighted by atomic mass is 10.0. The summed E-state index contributed by atoms with van der Waals surface area (Å²) in [6.07, 6.45) is 10.0. The molecule has 0 aliphatic rings. The molecule has 0 spiro atoms. The first-order valence-electron chi connectivity index (χ1n) is 11.4. The molecule has 0 saturated heterocycles. The number of nitrogens with one attached hydrogen (secondary N) is 1. The average molecular weight is 460 g/mol. The summed E-state index contributed by atoms with van der Waals surface area (Å²) in [6.45, 7) is 1.29. The van der Waals surface area contributed by atoms with Gasteiger partial charge in [0.05, 0.1) is 17.5 Å². The molecule has 0 saturated carbocycles. The lowest BCUT2D eigenvalue weighted by molar-refractivity contribution is 0.304. The van der Waals surface area contributed by atoms with E-state index in [1.807, 2.05) is 36.8 Å². The maximum Gasteiger partial charge on any atom is 0.330 e. The summed E-state index contributed by atoms with van der Waals surface area (Å²) in [7, 11) is 3.14. The molecule has 0 aliphatic carbocycles. The van der Waals surface area contributed by atoms with Crippen LogP contribution in [-0.2, 0) is 20.5 Å². The Morgan fingerprint density at radius 1 is 1.00 bits per heavy atom. The molecule has 0 bridgehead atoms. The van der Waals surface area contributed by atoms with Crippen LogP contribution in [0.15, 0.2) is 76.8 Å². The molecule has 34 heavy (non-hydrogen) atoms. The van der Waals surface area contributed by atoms with Gasteiger partial charge in [0.25, 0.3) is 5.56 Å². The monoisotopic (exact) mass is 459 g/mol. The standard InChI is InChI=1S/C26H29N5O3/c1-30-24-9-7-21(17-22(24)25(32)31(2)26(30)33)34-16-4-13-29-23(20-10-14-27-15-11-20)8-6-19-5-3-12-28-18-19/h3,5,7,9-12,14-15,17-18,23,29H,4,6,8,13,16H2,1-2H3. The van der Waals surface area contributed by atoms with Crippen LogP contribution < -0.4 is 21.3 Å². The van der Waals surface area contributed by atoms with Gasteiger partial charge in [0.15, 0.2) is 0 Å². The van der Waals surface area contributed by atoms with Gasteiger partial charge in [-0.2, -0.15) is 0 Å². The molecule has 1 atom stereocenters. The number of nitrogens with zero attached hydrogens (tertiary/aromatic N) is 4. The SMILES string of the molecule is Cn1c(=O)c2cc(OCCCNC(CCc3cccnc3)c3ccncc3)ccc2n(C)c1=O. The highest BCUT2D eigenvalue weighted by Gasteiger charge is 2.12. The van der Waals surface area contributed by atoms with Crippen LogP contribution in [0.1, 0.15) is 30.0 Å². The van der Waals surface area contributed by atoms with E-state index in [2.05, 4.69) is 21.4 Å². The van der Waals surface area contributed by atoms with Gasteiger partial charge in [0, 0.05) is 44.9 Å². The van der Waals surface area contributed by atoms with Crippen LogP contribution in [-0.4, -0.2) is 32.3 Å². The first kappa shape index (κ1) is 23.4. The molecule has 0 radical (unpaired) electrons. The Morgan fingerprint density at radius 2 is 1.82 bits per heavy atom. The number of benzene rings is 1. The summed E-state index contributed by atoms with van der Waals surface area (Å²) in [4.78, 5) is 32.9. The summed E-state index contributed by atoms with van der Waals surface area (Å²) in [6, 6.07) is 13.6. The van der Waals surface area contributed by atoms with E-state index >= 15 is 0 Å². The van der Waals surface area contributed by atoms with E-state index in [1.54, 1.807) is 31.4 Å². The van der Waals surface area contributed by atoms with Crippen molar-refractivity contribution in [3.63, 3.8) is 0 Å². The average Bonchev–Trinajstić information content (AvgIpc) is 2.88. The summed E-state index contributed by atoms with van der Waals surface area (Å²) in [5.74, 6) is 0.616. The Kier molecular flexibility index (Phi) is 7.49. The van der Waals surface area contributed by atoms with Gasteiger partial charge in [-0.05, 0) is 73.3 Å². The molecule has 0 aliphatic heterocycles. The first-order chi connectivity index (χ1) is 16.5. The lowest BCUT2D eigenvalue weighted by Gasteiger charge is -2.19. The Morgan fingerprint density at radius 3 is 2.59 bits per heavy atom. The zero-order valence-electron chi connectivity index (χ0n) is 19.5. The van der Waals surface area contributed by atoms with E-state index in [1.165, 1.54) is 22.7 Å². The number of pyridine rings is 2. The predicted octanol–water partition coefficient (Wildman–Crippen LogP) is 2.76. The molecule has 0 fully saturated rings. The molecule has 3 heterocycles. The van der Waals surface area contributed by atoms with Crippen molar-refractivity contribution in [3.05, 3.63) is 99.2 Å². The molecule has 4 aromatic rings. The van der Waals surface area contributed by atoms with Crippen molar-refractivity contribution >= 4 is 10.9 Å². The number of rotatable bonds is 10. The number of fused-ring (bicyclic) bond motifs is 1. The summed E-state index contributed by atoms with van der Waals surface area (Å²) >= 11 is 0. The topological polar surface area (TPSA) is 91.0 Å². The minimum atomic E-state index is -0.343. The highest BCUT2D eigenvalue weighted by Crippen LogP contribution is 2.19. The molecule has 3 aromatic heterocycles. The van der Waals surface area contributed by atoms with Gasteiger partial charge in [0.2, 0.25) is 0 Å². The van der Waals surface area contributed by atoms with Crippen LogP contribution in [0.4, 0.5) is 0 Å². The third kappa shape index (κ3) is 5.40. The number of aryl methyl sites for hydroxylation is 2. The fourth-order valence-electron chi connectivity index (χ4n) is 4.04. The number of aromatic nitrogens is 4. The van der Waals surface area contributed by atoms with Crippen molar-refractivity contribution in [3.8, 4) is 5.75 Å². The van der Waals surface area contributed by atoms with Gasteiger partial charge in [-0.1, -0.05) is 6.07 Å². The van der Waals surface area contributed by atoms with Gasteiger partial charge in [-0.25, -0.2) is 4.79 Å². The normalized spacial score (nSPS) is 12.1. The predicted molar refractivity (Wildman–Crippen MR) is 132 cm³/mol. The molecule has 1 N–H and O–H groups in total. The van der Waals surface area contributed by atoms with Gasteiger partial charge < -0.3 is 10.1 Å². The van der Waals surface area contributed by atoms with Gasteiger partial charge >= 0.3 is 5.69 Å². The third-order valence-electron chi connectivity index (χ3n) is 5.97. The second kappa shape index (κ2) is 10.9. The number of hydrogen-bond donors (Lipinski definition) is 1. The lowest BCUT2D eigenvalue weighted by Crippen LogP contribution is -2.36. The molecular formula is C26H29N5O3. The molecule has 8 nitrogen and oxygen atoms in total. The molecule has 4 rings (SSSR count). The fourth-order valence-corrected chi connectivity index (χ4v) is 4.04. The van der Waals surface area contributed by atoms with Crippen molar-refractivity contribution in [2.45, 2.75) is 25.3 Å². The largest absolute Gasteiger partial charge is 0.494 e. The van der Waals surface area contributed by atoms with Crippen molar-refractivity contribution in [2.24, 2.45) is 14.1 Å². The van der Waals surface area contributed by atoms with E-state index in [0.29, 0.717) is 23.3 Å². The molecule has 176 valence electrons. The summed E-state index contributed by atoms with van der Waals surface area (Å²) < 4.78 is 8.48. The maximum absolute atomic E-state index is 12.5. The Bertz CT molecular complexity index is 1350. The number of hydrogen-bond acceptors (Lipinski definition) is 6. The maximum atomic E-state index is 12.5. The quantitative estimate of drug-likeness (QED) is 0.367. The minimum Gasteiger partial charge on any atom is -0.494 e. The Labute approximate surface area is 197 Å². The van der Waals surface area contributed by atoms with Crippen LogP contribution in [0, 0.1) is 0 Å². The third-order valence-corrected chi connectivity index (χ3v) is 5.97. The van der Waals surface area contributed by atoms with Crippen molar-refractivity contribution < 1.29 is 4.74 Å². The Hall–Kier alpha value is -3.78. The smallest absolute Gasteiger partial charge is 0.330 e. The van der Waals surface area contributed by atoms with Crippen LogP contribution in [0.3, 0.4) is 0 Å². The number of ether oxygens (including phenoxy) is 1. The van der Waals surface area contributed by atoms with E-state index in [-0.39, 0.29) is 17.3 Å². The van der Waals surface area contributed by atoms with Crippen LogP contribution in [0.5, 0.6) is 5.75 Å². The van der Waals surface area contributed by atoms with Crippen LogP contribution in [0.25, 0.3) is 10.9 Å². The minimum absolute atomic E-state index is 0.202. The molecule has 1 unspecified atom stereocenters. The molecule has 0 amide bonds. The van der Waals surface area contributed by atoms with Crippen molar-refractivity contribution in [1.29, 1.82) is 0 Å². The van der Waals surface area contributed by atoms with E-state index < -0.39 is 0 Å². The van der Waals surface area contributed by atoms with E-state index in [9.17, 15) is 9.59 Å². The zero-order chi connectivity index (χ0) is 23.9. The molecule has 1 aromatic carbocycles. The van der Waals surface area contributed by atoms with Crippen LogP contribution >= 0.6 is 0 Å². The van der Waals surface area contributed by atoms with Gasteiger partial charge in [-0.3, -0.25) is 23.9 Å². The zero-order valence-corrected chi connectivity index (χ0v) is 19.5. The first-order valence-corrected chi connectivity index (χ1v) is 11.4. The highest BCUT2D eigenvalue weighted by molar-refractivity contribution is 5.79. The van der Waals surface area contributed by atoms with Crippen molar-refractivity contribution in [2.75, 3.05) is 13.2 Å². The van der Waals surface area contributed by atoms with E-state index in [0.717, 1.165) is 30.4 Å². The van der Waals surface area contributed by atoms with Gasteiger partial charge in [-0.15, -0.1) is 0 Å². The summed E-state index contributed by atoms with van der Waals surface area (Å²) in [5.41, 5.74) is 2.35. The highest BCUT2D eigenvalue weighted by atomic mass is 16.5. The molecule has 8 heteroatoms.